The number of hydrogen-bond donors (Lipinski definition) is 0. The molecule has 0 aliphatic heterocycles. The van der Waals surface area contributed by atoms with E-state index in [9.17, 15) is 0 Å². The van der Waals surface area contributed by atoms with Crippen LogP contribution >= 0.6 is 0 Å². The highest BCUT2D eigenvalue weighted by Gasteiger charge is 2.18. The number of aromatic nitrogens is 4. The molecule has 6 heteroatoms. The molecule has 29 heavy (non-hydrogen) atoms. The first-order chi connectivity index (χ1) is 14.0. The molecule has 0 N–H and O–H groups in total. The lowest BCUT2D eigenvalue weighted by molar-refractivity contribution is 0.367. The summed E-state index contributed by atoms with van der Waals surface area (Å²) in [4.78, 5) is 13.9. The zero-order valence-electron chi connectivity index (χ0n) is 16.6. The van der Waals surface area contributed by atoms with E-state index in [0.29, 0.717) is 5.71 Å². The average molecular weight is 382 g/mol. The van der Waals surface area contributed by atoms with Crippen molar-refractivity contribution in [3.05, 3.63) is 59.1 Å². The van der Waals surface area contributed by atoms with E-state index in [-0.39, 0.29) is 0 Å². The Labute approximate surface area is 165 Å². The molecule has 0 unspecified atom stereocenters. The van der Waals surface area contributed by atoms with Gasteiger partial charge < -0.3 is 8.94 Å². The lowest BCUT2D eigenvalue weighted by atomic mass is 10.0. The summed E-state index contributed by atoms with van der Waals surface area (Å²) in [7, 11) is 0. The molecule has 6 nitrogen and oxygen atoms in total. The molecule has 5 aromatic heterocycles. The van der Waals surface area contributed by atoms with Gasteiger partial charge in [-0.1, -0.05) is 0 Å². The molecule has 0 atom stereocenters. The van der Waals surface area contributed by atoms with Crippen LogP contribution in [0.1, 0.15) is 22.6 Å². The molecule has 0 saturated heterocycles. The van der Waals surface area contributed by atoms with Gasteiger partial charge in [0.2, 0.25) is 5.71 Å². The van der Waals surface area contributed by atoms with Crippen molar-refractivity contribution >= 4 is 38.7 Å². The summed E-state index contributed by atoms with van der Waals surface area (Å²) in [5.41, 5.74) is 8.83. The van der Waals surface area contributed by atoms with Crippen LogP contribution in [0.5, 0.6) is 0 Å². The Balaban J connectivity index is 1.68. The van der Waals surface area contributed by atoms with Crippen LogP contribution in [0.25, 0.3) is 50.0 Å². The third kappa shape index (κ3) is 2.20. The van der Waals surface area contributed by atoms with Crippen molar-refractivity contribution in [3.63, 3.8) is 0 Å². The Kier molecular flexibility index (Phi) is 3.06. The van der Waals surface area contributed by atoms with Crippen LogP contribution in [0, 0.1) is 27.7 Å². The number of nitrogens with zero attached hydrogens (tertiary/aromatic N) is 4. The number of furan rings is 1. The first-order valence-electron chi connectivity index (χ1n) is 9.55. The van der Waals surface area contributed by atoms with Gasteiger partial charge in [0.1, 0.15) is 22.4 Å². The molecular weight excluding hydrogens is 364 g/mol. The minimum Gasteiger partial charge on any atom is -0.437 e. The van der Waals surface area contributed by atoms with Gasteiger partial charge in [-0.25, -0.2) is 9.97 Å². The quantitative estimate of drug-likeness (QED) is 0.366. The largest absolute Gasteiger partial charge is 0.437 e. The second-order valence-electron chi connectivity index (χ2n) is 7.66. The second-order valence-corrected chi connectivity index (χ2v) is 7.66. The van der Waals surface area contributed by atoms with E-state index in [2.05, 4.69) is 40.1 Å². The molecular formula is C23H18N4O2. The SMILES string of the molecule is Cc1cc(-c2cc3c(cn2)nc2c(C)c(C)on23)c2oc3nc(C)ccc3c2c1. The minimum atomic E-state index is 0.650. The molecule has 6 aromatic rings. The van der Waals surface area contributed by atoms with Crippen molar-refractivity contribution in [1.82, 2.24) is 19.5 Å². The zero-order valence-corrected chi connectivity index (χ0v) is 16.6. The van der Waals surface area contributed by atoms with E-state index in [4.69, 9.17) is 8.94 Å². The van der Waals surface area contributed by atoms with Crippen molar-refractivity contribution in [3.8, 4) is 11.3 Å². The second kappa shape index (κ2) is 5.44. The summed E-state index contributed by atoms with van der Waals surface area (Å²) in [6.07, 6.45) is 1.79. The third-order valence-corrected chi connectivity index (χ3v) is 5.59. The predicted octanol–water partition coefficient (Wildman–Crippen LogP) is 5.67. The Morgan fingerprint density at radius 2 is 1.79 bits per heavy atom. The van der Waals surface area contributed by atoms with Crippen molar-refractivity contribution in [1.29, 1.82) is 0 Å². The topological polar surface area (TPSA) is 69.4 Å². The van der Waals surface area contributed by atoms with E-state index >= 15 is 0 Å². The maximum absolute atomic E-state index is 6.18. The van der Waals surface area contributed by atoms with E-state index in [1.54, 1.807) is 10.8 Å². The molecule has 0 radical (unpaired) electrons. The first-order valence-corrected chi connectivity index (χ1v) is 9.55. The fourth-order valence-corrected chi connectivity index (χ4v) is 3.98. The van der Waals surface area contributed by atoms with E-state index < -0.39 is 0 Å². The van der Waals surface area contributed by atoms with Crippen LogP contribution in [0.2, 0.25) is 0 Å². The lowest BCUT2D eigenvalue weighted by Crippen LogP contribution is -1.87. The maximum atomic E-state index is 6.18. The summed E-state index contributed by atoms with van der Waals surface area (Å²) >= 11 is 0. The number of benzene rings is 1. The Hall–Kier alpha value is -3.67. The van der Waals surface area contributed by atoms with Gasteiger partial charge in [0.25, 0.3) is 0 Å². The van der Waals surface area contributed by atoms with Gasteiger partial charge in [0, 0.05) is 27.6 Å². The van der Waals surface area contributed by atoms with Crippen molar-refractivity contribution in [2.24, 2.45) is 0 Å². The van der Waals surface area contributed by atoms with E-state index in [1.165, 1.54) is 0 Å². The van der Waals surface area contributed by atoms with E-state index in [1.807, 2.05) is 32.9 Å². The van der Waals surface area contributed by atoms with Crippen molar-refractivity contribution < 1.29 is 8.94 Å². The van der Waals surface area contributed by atoms with Gasteiger partial charge in [0.15, 0.2) is 5.65 Å². The van der Waals surface area contributed by atoms with Crippen LogP contribution in [-0.4, -0.2) is 19.5 Å². The molecule has 0 fully saturated rings. The third-order valence-electron chi connectivity index (χ3n) is 5.59. The monoisotopic (exact) mass is 382 g/mol. The number of hydrogen-bond acceptors (Lipinski definition) is 5. The average Bonchev–Trinajstić information content (AvgIpc) is 3.32. The van der Waals surface area contributed by atoms with Crippen LogP contribution in [0.3, 0.4) is 0 Å². The minimum absolute atomic E-state index is 0.650. The van der Waals surface area contributed by atoms with Gasteiger partial charge >= 0.3 is 0 Å². The van der Waals surface area contributed by atoms with Crippen LogP contribution in [0.15, 0.2) is 45.5 Å². The molecule has 6 rings (SSSR count). The highest BCUT2D eigenvalue weighted by molar-refractivity contribution is 6.09. The predicted molar refractivity (Wildman–Crippen MR) is 112 cm³/mol. The molecule has 0 bridgehead atoms. The summed E-state index contributed by atoms with van der Waals surface area (Å²) in [5, 5.41) is 2.06. The lowest BCUT2D eigenvalue weighted by Gasteiger charge is -2.04. The van der Waals surface area contributed by atoms with Crippen LogP contribution in [-0.2, 0) is 0 Å². The number of rotatable bonds is 1. The number of fused-ring (bicyclic) bond motifs is 6. The number of pyridine rings is 2. The van der Waals surface area contributed by atoms with Crippen LogP contribution < -0.4 is 0 Å². The normalized spacial score (nSPS) is 12.1. The Bertz CT molecular complexity index is 1600. The number of imidazole rings is 1. The van der Waals surface area contributed by atoms with Gasteiger partial charge in [0.05, 0.1) is 11.9 Å². The molecule has 0 aliphatic rings. The van der Waals surface area contributed by atoms with Gasteiger partial charge in [-0.15, -0.1) is 0 Å². The summed E-state index contributed by atoms with van der Waals surface area (Å²) < 4.78 is 13.9. The smallest absolute Gasteiger partial charge is 0.227 e. The molecule has 0 aliphatic carbocycles. The Morgan fingerprint density at radius 1 is 0.931 bits per heavy atom. The Morgan fingerprint density at radius 3 is 2.66 bits per heavy atom. The molecule has 0 amide bonds. The molecule has 142 valence electrons. The van der Waals surface area contributed by atoms with Gasteiger partial charge in [-0.2, -0.15) is 4.57 Å². The molecule has 0 saturated carbocycles. The fourth-order valence-electron chi connectivity index (χ4n) is 3.98. The van der Waals surface area contributed by atoms with Crippen molar-refractivity contribution in [2.45, 2.75) is 27.7 Å². The van der Waals surface area contributed by atoms with Gasteiger partial charge in [-0.05, 0) is 63.6 Å². The summed E-state index contributed by atoms with van der Waals surface area (Å²) in [6, 6.07) is 10.3. The van der Waals surface area contributed by atoms with Crippen molar-refractivity contribution in [2.75, 3.05) is 0 Å². The molecule has 5 heterocycles. The molecule has 0 spiro atoms. The maximum Gasteiger partial charge on any atom is 0.227 e. The number of aryl methyl sites for hydroxylation is 4. The van der Waals surface area contributed by atoms with Crippen LogP contribution in [0.4, 0.5) is 0 Å². The van der Waals surface area contributed by atoms with E-state index in [0.717, 1.165) is 66.9 Å². The highest BCUT2D eigenvalue weighted by atomic mass is 16.5. The molecule has 1 aromatic carbocycles. The fraction of sp³-hybridized carbons (Fsp3) is 0.174. The van der Waals surface area contributed by atoms with Gasteiger partial charge in [-0.3, -0.25) is 4.98 Å². The zero-order chi connectivity index (χ0) is 19.9. The summed E-state index contributed by atoms with van der Waals surface area (Å²) in [6.45, 7) is 8.01. The first kappa shape index (κ1) is 16.3. The standard InChI is InChI=1S/C23H18N4O2/c1-11-7-16-15-6-5-12(2)25-23(15)28-21(16)17(8-11)18-9-20-19(10-24-18)26-22-13(3)14(4)29-27(20)22/h5-10H,1-4H3. The summed E-state index contributed by atoms with van der Waals surface area (Å²) in [5.74, 6) is 0.865. The highest BCUT2D eigenvalue weighted by Crippen LogP contribution is 2.36.